The van der Waals surface area contributed by atoms with Crippen molar-refractivity contribution in [2.45, 2.75) is 19.4 Å². The van der Waals surface area contributed by atoms with Gasteiger partial charge in [-0.1, -0.05) is 30.3 Å². The fourth-order valence-electron chi connectivity index (χ4n) is 2.18. The van der Waals surface area contributed by atoms with Gasteiger partial charge in [0, 0.05) is 19.6 Å². The van der Waals surface area contributed by atoms with E-state index in [1.165, 1.54) is 5.56 Å². The van der Waals surface area contributed by atoms with Crippen molar-refractivity contribution in [1.82, 2.24) is 4.90 Å². The standard InChI is InChI=1S/C14H18ClNO2/c15-11-16-9-13(8-14(16)17)6-7-18-10-12-4-2-1-3-5-12/h1-5,13H,6-11H2/t13-/m0/s1. The number of alkyl halides is 1. The van der Waals surface area contributed by atoms with E-state index in [1.807, 2.05) is 30.3 Å². The first-order valence-corrected chi connectivity index (χ1v) is 6.78. The largest absolute Gasteiger partial charge is 0.377 e. The summed E-state index contributed by atoms with van der Waals surface area (Å²) in [6.45, 7) is 2.11. The summed E-state index contributed by atoms with van der Waals surface area (Å²) in [4.78, 5) is 13.2. The fourth-order valence-corrected chi connectivity index (χ4v) is 2.41. The Hall–Kier alpha value is -1.06. The average Bonchev–Trinajstić information content (AvgIpc) is 2.76. The summed E-state index contributed by atoms with van der Waals surface area (Å²) in [7, 11) is 0. The van der Waals surface area contributed by atoms with Crippen LogP contribution in [0.2, 0.25) is 0 Å². The van der Waals surface area contributed by atoms with Crippen LogP contribution in [0.5, 0.6) is 0 Å². The zero-order chi connectivity index (χ0) is 12.8. The first kappa shape index (κ1) is 13.4. The molecular weight excluding hydrogens is 250 g/mol. The van der Waals surface area contributed by atoms with E-state index in [1.54, 1.807) is 4.90 Å². The Morgan fingerprint density at radius 2 is 2.11 bits per heavy atom. The third kappa shape index (κ3) is 3.72. The molecule has 1 aromatic rings. The van der Waals surface area contributed by atoms with Crippen LogP contribution in [0.3, 0.4) is 0 Å². The molecule has 0 spiro atoms. The van der Waals surface area contributed by atoms with Gasteiger partial charge in [0.15, 0.2) is 0 Å². The Morgan fingerprint density at radius 3 is 2.78 bits per heavy atom. The second-order valence-corrected chi connectivity index (χ2v) is 4.87. The Kier molecular flexibility index (Phi) is 5.02. The van der Waals surface area contributed by atoms with Gasteiger partial charge >= 0.3 is 0 Å². The molecule has 1 fully saturated rings. The molecule has 0 saturated carbocycles. The van der Waals surface area contributed by atoms with Gasteiger partial charge < -0.3 is 9.64 Å². The van der Waals surface area contributed by atoms with Crippen molar-refractivity contribution < 1.29 is 9.53 Å². The van der Waals surface area contributed by atoms with Crippen LogP contribution in [0.1, 0.15) is 18.4 Å². The van der Waals surface area contributed by atoms with Crippen molar-refractivity contribution in [3.05, 3.63) is 35.9 Å². The molecule has 0 bridgehead atoms. The maximum absolute atomic E-state index is 11.5. The van der Waals surface area contributed by atoms with E-state index < -0.39 is 0 Å². The molecule has 4 heteroatoms. The fraction of sp³-hybridized carbons (Fsp3) is 0.500. The first-order chi connectivity index (χ1) is 8.79. The van der Waals surface area contributed by atoms with Crippen molar-refractivity contribution in [3.63, 3.8) is 0 Å². The number of carbonyl (C=O) groups is 1. The minimum Gasteiger partial charge on any atom is -0.377 e. The van der Waals surface area contributed by atoms with Crippen LogP contribution < -0.4 is 0 Å². The Morgan fingerprint density at radius 1 is 1.33 bits per heavy atom. The summed E-state index contributed by atoms with van der Waals surface area (Å²) in [5, 5.41) is 0. The minimum atomic E-state index is 0.165. The highest BCUT2D eigenvalue weighted by Gasteiger charge is 2.28. The summed E-state index contributed by atoms with van der Waals surface area (Å²) in [5.41, 5.74) is 1.18. The highest BCUT2D eigenvalue weighted by Crippen LogP contribution is 2.21. The molecule has 1 saturated heterocycles. The van der Waals surface area contributed by atoms with E-state index in [9.17, 15) is 4.79 Å². The van der Waals surface area contributed by atoms with Gasteiger partial charge in [-0.25, -0.2) is 0 Å². The third-order valence-electron chi connectivity index (χ3n) is 3.22. The van der Waals surface area contributed by atoms with Crippen LogP contribution in [-0.2, 0) is 16.1 Å². The predicted molar refractivity (Wildman–Crippen MR) is 71.3 cm³/mol. The third-order valence-corrected chi connectivity index (χ3v) is 3.51. The van der Waals surface area contributed by atoms with Gasteiger partial charge in [0.05, 0.1) is 12.6 Å². The van der Waals surface area contributed by atoms with Crippen molar-refractivity contribution in [1.29, 1.82) is 0 Å². The summed E-state index contributed by atoms with van der Waals surface area (Å²) in [5.74, 6) is 0.560. The normalized spacial score (nSPS) is 19.5. The molecule has 1 aliphatic rings. The van der Waals surface area contributed by atoms with Crippen LogP contribution in [0, 0.1) is 5.92 Å². The van der Waals surface area contributed by atoms with Gasteiger partial charge in [-0.2, -0.15) is 0 Å². The number of hydrogen-bond acceptors (Lipinski definition) is 2. The molecule has 1 amide bonds. The highest BCUT2D eigenvalue weighted by molar-refractivity contribution is 6.18. The van der Waals surface area contributed by atoms with Gasteiger partial charge in [0.25, 0.3) is 0 Å². The van der Waals surface area contributed by atoms with E-state index in [0.29, 0.717) is 31.6 Å². The second kappa shape index (κ2) is 6.76. The zero-order valence-corrected chi connectivity index (χ0v) is 11.1. The minimum absolute atomic E-state index is 0.165. The van der Waals surface area contributed by atoms with E-state index in [4.69, 9.17) is 16.3 Å². The lowest BCUT2D eigenvalue weighted by molar-refractivity contribution is -0.126. The van der Waals surface area contributed by atoms with E-state index in [2.05, 4.69) is 0 Å². The van der Waals surface area contributed by atoms with Crippen molar-refractivity contribution in [3.8, 4) is 0 Å². The smallest absolute Gasteiger partial charge is 0.223 e. The molecule has 1 aromatic carbocycles. The number of halogens is 1. The molecule has 3 nitrogen and oxygen atoms in total. The highest BCUT2D eigenvalue weighted by atomic mass is 35.5. The monoisotopic (exact) mass is 267 g/mol. The number of hydrogen-bond donors (Lipinski definition) is 0. The second-order valence-electron chi connectivity index (χ2n) is 4.63. The summed E-state index contributed by atoms with van der Waals surface area (Å²) in [6, 6.07) is 10.4. The van der Waals surface area contributed by atoms with Crippen LogP contribution in [-0.4, -0.2) is 30.0 Å². The SMILES string of the molecule is O=C1C[C@H](CCOCc2ccccc2)CN1CCl. The van der Waals surface area contributed by atoms with Gasteiger partial charge in [-0.3, -0.25) is 4.79 Å². The first-order valence-electron chi connectivity index (χ1n) is 6.25. The number of carbonyl (C=O) groups excluding carboxylic acids is 1. The number of benzene rings is 1. The maximum Gasteiger partial charge on any atom is 0.223 e. The Labute approximate surface area is 113 Å². The quantitative estimate of drug-likeness (QED) is 0.451. The average molecular weight is 268 g/mol. The molecule has 0 N–H and O–H groups in total. The number of likely N-dealkylation sites (tertiary alicyclic amines) is 1. The lowest BCUT2D eigenvalue weighted by Gasteiger charge is -2.12. The molecule has 1 atom stereocenters. The zero-order valence-electron chi connectivity index (χ0n) is 10.3. The molecular formula is C14H18ClNO2. The van der Waals surface area contributed by atoms with Gasteiger partial charge in [-0.15, -0.1) is 11.6 Å². The van der Waals surface area contributed by atoms with E-state index in [-0.39, 0.29) is 5.91 Å². The Balaban J connectivity index is 1.63. The number of amides is 1. The van der Waals surface area contributed by atoms with E-state index in [0.717, 1.165) is 13.0 Å². The maximum atomic E-state index is 11.5. The number of rotatable bonds is 6. The summed E-state index contributed by atoms with van der Waals surface area (Å²) in [6.07, 6.45) is 1.54. The van der Waals surface area contributed by atoms with Crippen molar-refractivity contribution >= 4 is 17.5 Å². The van der Waals surface area contributed by atoms with Gasteiger partial charge in [0.1, 0.15) is 0 Å². The number of nitrogens with zero attached hydrogens (tertiary/aromatic N) is 1. The predicted octanol–water partition coefficient (Wildman–Crippen LogP) is 2.64. The Bertz CT molecular complexity index is 383. The van der Waals surface area contributed by atoms with Crippen LogP contribution in [0.4, 0.5) is 0 Å². The van der Waals surface area contributed by atoms with Crippen molar-refractivity contribution in [2.24, 2.45) is 5.92 Å². The van der Waals surface area contributed by atoms with Crippen LogP contribution in [0.15, 0.2) is 30.3 Å². The molecule has 0 aliphatic carbocycles. The van der Waals surface area contributed by atoms with Crippen LogP contribution >= 0.6 is 11.6 Å². The van der Waals surface area contributed by atoms with Crippen molar-refractivity contribution in [2.75, 3.05) is 19.2 Å². The topological polar surface area (TPSA) is 29.5 Å². The molecule has 1 heterocycles. The summed E-state index contributed by atoms with van der Waals surface area (Å²) < 4.78 is 5.62. The molecule has 98 valence electrons. The summed E-state index contributed by atoms with van der Waals surface area (Å²) >= 11 is 5.68. The lowest BCUT2D eigenvalue weighted by atomic mass is 10.1. The molecule has 0 unspecified atom stereocenters. The van der Waals surface area contributed by atoms with Crippen LogP contribution in [0.25, 0.3) is 0 Å². The number of ether oxygens (including phenoxy) is 1. The van der Waals surface area contributed by atoms with Gasteiger partial charge in [0.2, 0.25) is 5.91 Å². The molecule has 1 aliphatic heterocycles. The van der Waals surface area contributed by atoms with Gasteiger partial charge in [-0.05, 0) is 17.9 Å². The van der Waals surface area contributed by atoms with E-state index >= 15 is 0 Å². The molecule has 2 rings (SSSR count). The molecule has 0 aromatic heterocycles. The molecule has 18 heavy (non-hydrogen) atoms. The lowest BCUT2D eigenvalue weighted by Crippen LogP contribution is -2.23. The molecule has 0 radical (unpaired) electrons.